The number of methoxy groups -OCH3 is 1. The number of hydrogen-bond acceptors (Lipinski definition) is 12. The third kappa shape index (κ3) is 8.67. The van der Waals surface area contributed by atoms with Crippen molar-refractivity contribution in [2.45, 2.75) is 38.5 Å². The largest absolute Gasteiger partial charge is 0.497 e. The van der Waals surface area contributed by atoms with Crippen LogP contribution in [0.25, 0.3) is 0 Å². The van der Waals surface area contributed by atoms with Gasteiger partial charge < -0.3 is 39.1 Å². The summed E-state index contributed by atoms with van der Waals surface area (Å²) in [6, 6.07) is 7.72. The van der Waals surface area contributed by atoms with Crippen LogP contribution in [-0.4, -0.2) is 48.2 Å². The first-order chi connectivity index (χ1) is 13.8. The molecule has 1 aromatic carbocycles. The molecule has 2 fully saturated rings. The Hall–Kier alpha value is -2.64. The van der Waals surface area contributed by atoms with Crippen LogP contribution in [0, 0.1) is 0 Å². The summed E-state index contributed by atoms with van der Waals surface area (Å²) < 4.78 is 5.21. The van der Waals surface area contributed by atoms with E-state index in [9.17, 15) is 0 Å². The molecule has 0 amide bonds. The zero-order valence-corrected chi connectivity index (χ0v) is 20.6. The van der Waals surface area contributed by atoms with E-state index in [0.717, 1.165) is 49.5 Å². The number of aromatic nitrogens is 3. The molecule has 4 rings (SSSR count). The van der Waals surface area contributed by atoms with Crippen molar-refractivity contribution in [3.63, 3.8) is 0 Å². The highest BCUT2D eigenvalue weighted by Crippen LogP contribution is 2.23. The lowest BCUT2D eigenvalue weighted by atomic mass is 10.1. The second kappa shape index (κ2) is 16.0. The summed E-state index contributed by atoms with van der Waals surface area (Å²) in [5, 5.41) is 0. The summed E-state index contributed by atoms with van der Waals surface area (Å²) in [5.74, 6) is 2.92. The molecule has 0 radical (unpaired) electrons. The molecule has 0 spiro atoms. The Kier molecular flexibility index (Phi) is 15.8. The Labute approximate surface area is 208 Å². The Bertz CT molecular complexity index is 751. The second-order valence-electron chi connectivity index (χ2n) is 7.33. The molecule has 33 heavy (non-hydrogen) atoms. The van der Waals surface area contributed by atoms with Gasteiger partial charge in [0.2, 0.25) is 17.8 Å². The quantitative estimate of drug-likeness (QED) is 0.279. The second-order valence-corrected chi connectivity index (χ2v) is 7.33. The van der Waals surface area contributed by atoms with Gasteiger partial charge in [-0.1, -0.05) is 0 Å². The molecule has 12 nitrogen and oxygen atoms in total. The lowest BCUT2D eigenvalue weighted by molar-refractivity contribution is 0.415. The van der Waals surface area contributed by atoms with Gasteiger partial charge in [-0.15, -0.1) is 12.4 Å². The third-order valence-corrected chi connectivity index (χ3v) is 5.30. The average molecular weight is 496 g/mol. The first kappa shape index (κ1) is 32.5. The van der Waals surface area contributed by atoms with Gasteiger partial charge >= 0.3 is 0 Å². The van der Waals surface area contributed by atoms with Crippen LogP contribution in [0.15, 0.2) is 24.3 Å². The van der Waals surface area contributed by atoms with E-state index in [1.54, 1.807) is 7.11 Å². The highest BCUT2D eigenvalue weighted by atomic mass is 35.5. The molecule has 1 aromatic heterocycles. The maximum absolute atomic E-state index is 5.21. The molecule has 3 heterocycles. The van der Waals surface area contributed by atoms with Gasteiger partial charge in [-0.05, 0) is 62.8 Å². The highest BCUT2D eigenvalue weighted by molar-refractivity contribution is 5.85. The standard InChI is InChI=1S/C20H29N7O.ClH.4H3N.4H2/c1-28-17-10-8-16(9-11-17)24-25-18-21-19(26-12-4-2-5-13-26)23-20(22-18)27-14-6-3-7-15-27;;;;;;;;;/h8-11,24H,2-7,12-15H2,1H3,(H,21,22,23,25);1H;4*1H3;4*1H. The Morgan fingerprint density at radius 2 is 1.15 bits per heavy atom. The Balaban J connectivity index is -0.000000267. The van der Waals surface area contributed by atoms with Gasteiger partial charge in [0.25, 0.3) is 0 Å². The normalized spacial score (nSPS) is 14.7. The lowest BCUT2D eigenvalue weighted by Crippen LogP contribution is -2.34. The van der Waals surface area contributed by atoms with Gasteiger partial charge in [0.05, 0.1) is 12.8 Å². The van der Waals surface area contributed by atoms with Crippen LogP contribution < -0.4 is 50.0 Å². The van der Waals surface area contributed by atoms with E-state index in [0.29, 0.717) is 5.95 Å². The van der Waals surface area contributed by atoms with Gasteiger partial charge in [-0.2, -0.15) is 15.0 Å². The van der Waals surface area contributed by atoms with E-state index >= 15 is 0 Å². The van der Waals surface area contributed by atoms with Gasteiger partial charge in [0.15, 0.2) is 0 Å². The predicted molar refractivity (Wildman–Crippen MR) is 148 cm³/mol. The van der Waals surface area contributed by atoms with E-state index in [2.05, 4.69) is 30.6 Å². The minimum Gasteiger partial charge on any atom is -0.497 e. The van der Waals surface area contributed by atoms with Crippen LogP contribution in [-0.2, 0) is 0 Å². The predicted octanol–water partition coefficient (Wildman–Crippen LogP) is 5.35. The Morgan fingerprint density at radius 1 is 0.697 bits per heavy atom. The molecule has 13 heteroatoms. The van der Waals surface area contributed by atoms with Crippen LogP contribution in [0.2, 0.25) is 0 Å². The first-order valence-electron chi connectivity index (χ1n) is 10.2. The van der Waals surface area contributed by atoms with Crippen LogP contribution in [0.4, 0.5) is 23.5 Å². The molecule has 0 bridgehead atoms. The van der Waals surface area contributed by atoms with Crippen LogP contribution in [0.3, 0.4) is 0 Å². The van der Waals surface area contributed by atoms with Crippen molar-refractivity contribution >= 4 is 35.9 Å². The molecule has 2 aliphatic heterocycles. The fraction of sp³-hybridized carbons (Fsp3) is 0.550. The lowest BCUT2D eigenvalue weighted by Gasteiger charge is -2.30. The number of nitrogens with one attached hydrogen (secondary N) is 2. The first-order valence-corrected chi connectivity index (χ1v) is 10.2. The van der Waals surface area contributed by atoms with Crippen molar-refractivity contribution in [3.8, 4) is 5.75 Å². The smallest absolute Gasteiger partial charge is 0.248 e. The molecule has 2 aliphatic rings. The number of hydrogen-bond donors (Lipinski definition) is 6. The number of nitrogens with zero attached hydrogens (tertiary/aromatic N) is 5. The number of piperidine rings is 2. The topological polar surface area (TPSA) is 218 Å². The molecule has 2 aromatic rings. The number of anilines is 4. The number of halogens is 1. The molecule has 0 atom stereocenters. The van der Waals surface area contributed by atoms with Gasteiger partial charge in [-0.3, -0.25) is 10.9 Å². The average Bonchev–Trinajstić information content (AvgIpc) is 2.79. The van der Waals surface area contributed by atoms with Crippen molar-refractivity contribution in [2.24, 2.45) is 0 Å². The summed E-state index contributed by atoms with van der Waals surface area (Å²) >= 11 is 0. The van der Waals surface area contributed by atoms with E-state index in [1.807, 2.05) is 24.3 Å². The van der Waals surface area contributed by atoms with Crippen LogP contribution >= 0.6 is 12.4 Å². The maximum Gasteiger partial charge on any atom is 0.248 e. The van der Waals surface area contributed by atoms with E-state index in [-0.39, 0.29) is 42.7 Å². The van der Waals surface area contributed by atoms with Crippen molar-refractivity contribution in [2.75, 3.05) is 53.9 Å². The van der Waals surface area contributed by atoms with E-state index in [1.165, 1.54) is 38.5 Å². The summed E-state index contributed by atoms with van der Waals surface area (Å²) in [5.41, 5.74) is 7.25. The molecule has 198 valence electrons. The highest BCUT2D eigenvalue weighted by Gasteiger charge is 2.20. The Morgan fingerprint density at radius 3 is 1.58 bits per heavy atom. The third-order valence-electron chi connectivity index (χ3n) is 5.30. The SMILES string of the molecule is COc1ccc(NNc2nc(N3CCCCC3)nc(N3CCCCC3)n2)cc1.Cl.N.N.N.N.[HH].[HH].[HH].[HH]. The molecule has 0 unspecified atom stereocenters. The summed E-state index contributed by atoms with van der Waals surface area (Å²) in [7, 11) is 1.66. The zero-order chi connectivity index (χ0) is 19.2. The number of hydrazine groups is 1. The molecular formula is C20H50ClN11O. The van der Waals surface area contributed by atoms with Crippen molar-refractivity contribution in [1.29, 1.82) is 0 Å². The molecule has 14 N–H and O–H groups in total. The summed E-state index contributed by atoms with van der Waals surface area (Å²) in [6.45, 7) is 4.03. The minimum absolute atomic E-state index is 0. The van der Waals surface area contributed by atoms with Gasteiger partial charge in [-0.25, -0.2) is 0 Å². The summed E-state index contributed by atoms with van der Waals surface area (Å²) in [4.78, 5) is 18.7. The van der Waals surface area contributed by atoms with Crippen LogP contribution in [0.5, 0.6) is 5.75 Å². The summed E-state index contributed by atoms with van der Waals surface area (Å²) in [6.07, 6.45) is 7.33. The van der Waals surface area contributed by atoms with Crippen molar-refractivity contribution < 1.29 is 10.4 Å². The number of rotatable bonds is 6. The van der Waals surface area contributed by atoms with E-state index < -0.39 is 0 Å². The fourth-order valence-corrected chi connectivity index (χ4v) is 3.68. The van der Waals surface area contributed by atoms with Crippen LogP contribution in [0.1, 0.15) is 44.2 Å². The van der Waals surface area contributed by atoms with Crippen molar-refractivity contribution in [1.82, 2.24) is 39.6 Å². The molecular weight excluding hydrogens is 446 g/mol. The van der Waals surface area contributed by atoms with Gasteiger partial charge in [0, 0.05) is 31.9 Å². The van der Waals surface area contributed by atoms with Crippen molar-refractivity contribution in [3.05, 3.63) is 24.3 Å². The zero-order valence-electron chi connectivity index (χ0n) is 19.8. The monoisotopic (exact) mass is 495 g/mol. The minimum atomic E-state index is 0. The molecule has 2 saturated heterocycles. The number of benzene rings is 1. The maximum atomic E-state index is 5.21. The fourth-order valence-electron chi connectivity index (χ4n) is 3.68. The van der Waals surface area contributed by atoms with Gasteiger partial charge in [0.1, 0.15) is 5.75 Å². The molecule has 0 aliphatic carbocycles. The number of ether oxygens (including phenoxy) is 1. The van der Waals surface area contributed by atoms with E-state index in [4.69, 9.17) is 9.72 Å². The molecule has 0 saturated carbocycles.